The van der Waals surface area contributed by atoms with Crippen molar-refractivity contribution in [3.8, 4) is 0 Å². The van der Waals surface area contributed by atoms with Crippen LogP contribution < -0.4 is 4.90 Å². The molecule has 0 bridgehead atoms. The lowest BCUT2D eigenvalue weighted by Crippen LogP contribution is -2.31. The van der Waals surface area contributed by atoms with Crippen LogP contribution in [0.1, 0.15) is 28.9 Å². The van der Waals surface area contributed by atoms with E-state index in [1.165, 1.54) is 50.9 Å². The summed E-state index contributed by atoms with van der Waals surface area (Å²) < 4.78 is 41.9. The Hall–Kier alpha value is -3.21. The minimum Gasteiger partial charge on any atom is -0.278 e. The summed E-state index contributed by atoms with van der Waals surface area (Å²) in [5, 5.41) is 0.334. The highest BCUT2D eigenvalue weighted by Gasteiger charge is 2.35. The van der Waals surface area contributed by atoms with Crippen LogP contribution in [0.5, 0.6) is 0 Å². The fourth-order valence-corrected chi connectivity index (χ4v) is 6.02. The molecule has 4 aromatic rings. The van der Waals surface area contributed by atoms with Crippen molar-refractivity contribution in [1.29, 1.82) is 0 Å². The third-order valence-electron chi connectivity index (χ3n) is 5.72. The van der Waals surface area contributed by atoms with Gasteiger partial charge in [-0.05, 0) is 61.4 Å². The topological polar surface area (TPSA) is 83.5 Å². The van der Waals surface area contributed by atoms with Gasteiger partial charge in [0.15, 0.2) is 5.13 Å². The highest BCUT2D eigenvalue weighted by Crippen LogP contribution is 2.33. The lowest BCUT2D eigenvalue weighted by Gasteiger charge is -2.20. The van der Waals surface area contributed by atoms with Crippen molar-refractivity contribution in [2.75, 3.05) is 11.9 Å². The molecule has 1 aliphatic carbocycles. The van der Waals surface area contributed by atoms with Crippen LogP contribution in [0, 0.1) is 5.82 Å². The Labute approximate surface area is 200 Å². The number of amides is 1. The Balaban J connectivity index is 1.49. The second kappa shape index (κ2) is 8.86. The van der Waals surface area contributed by atoms with Gasteiger partial charge in [-0.2, -0.15) is 4.31 Å². The molecule has 10 heteroatoms. The van der Waals surface area contributed by atoms with Gasteiger partial charge in [0.2, 0.25) is 10.0 Å². The molecule has 0 saturated heterocycles. The number of hydrogen-bond donors (Lipinski definition) is 0. The van der Waals surface area contributed by atoms with E-state index in [2.05, 4.69) is 9.97 Å². The SMILES string of the molecule is CN(C1CC1)S(=O)(=O)c1ccc(C(=O)N(Cc2ccccn2)c2nc3c(F)cccc3s2)cc1. The number of anilines is 1. The van der Waals surface area contributed by atoms with E-state index in [1.807, 2.05) is 6.07 Å². The molecule has 0 radical (unpaired) electrons. The van der Waals surface area contributed by atoms with Gasteiger partial charge in [-0.1, -0.05) is 23.5 Å². The normalized spacial score (nSPS) is 14.0. The summed E-state index contributed by atoms with van der Waals surface area (Å²) in [7, 11) is -2.04. The van der Waals surface area contributed by atoms with Crippen molar-refractivity contribution >= 4 is 42.6 Å². The zero-order valence-electron chi connectivity index (χ0n) is 18.3. The molecule has 1 fully saturated rings. The molecule has 1 amide bonds. The molecule has 174 valence electrons. The van der Waals surface area contributed by atoms with Crippen molar-refractivity contribution in [2.24, 2.45) is 0 Å². The first-order valence-corrected chi connectivity index (χ1v) is 12.9. The Morgan fingerprint density at radius 3 is 2.50 bits per heavy atom. The molecular weight excluding hydrogens is 475 g/mol. The summed E-state index contributed by atoms with van der Waals surface area (Å²) >= 11 is 1.21. The van der Waals surface area contributed by atoms with Gasteiger partial charge in [0, 0.05) is 24.8 Å². The molecule has 2 heterocycles. The predicted octanol–water partition coefficient (Wildman–Crippen LogP) is 4.46. The highest BCUT2D eigenvalue weighted by molar-refractivity contribution is 7.89. The monoisotopic (exact) mass is 496 g/mol. The second-order valence-electron chi connectivity index (χ2n) is 8.07. The molecule has 1 aliphatic rings. The fraction of sp³-hybridized carbons (Fsp3) is 0.208. The number of nitrogens with zero attached hydrogens (tertiary/aromatic N) is 4. The molecule has 0 spiro atoms. The molecule has 5 rings (SSSR count). The zero-order chi connectivity index (χ0) is 23.9. The number of pyridine rings is 1. The predicted molar refractivity (Wildman–Crippen MR) is 129 cm³/mol. The van der Waals surface area contributed by atoms with Gasteiger partial charge in [-0.25, -0.2) is 17.8 Å². The molecule has 0 atom stereocenters. The van der Waals surface area contributed by atoms with Gasteiger partial charge in [0.25, 0.3) is 5.91 Å². The maximum absolute atomic E-state index is 14.3. The number of halogens is 1. The fourth-order valence-electron chi connectivity index (χ4n) is 3.62. The van der Waals surface area contributed by atoms with Crippen LogP contribution >= 0.6 is 11.3 Å². The van der Waals surface area contributed by atoms with Crippen LogP contribution in [-0.2, 0) is 16.6 Å². The number of hydrogen-bond acceptors (Lipinski definition) is 6. The summed E-state index contributed by atoms with van der Waals surface area (Å²) in [6.45, 7) is 0.131. The smallest absolute Gasteiger partial charge is 0.260 e. The number of rotatable bonds is 7. The number of fused-ring (bicyclic) bond motifs is 1. The molecule has 2 aromatic heterocycles. The van der Waals surface area contributed by atoms with Crippen molar-refractivity contribution in [3.05, 3.63) is 83.9 Å². The lowest BCUT2D eigenvalue weighted by molar-refractivity contribution is 0.0984. The van der Waals surface area contributed by atoms with Gasteiger partial charge >= 0.3 is 0 Å². The first-order chi connectivity index (χ1) is 16.3. The van der Waals surface area contributed by atoms with Gasteiger partial charge in [0.05, 0.1) is 21.8 Å². The zero-order valence-corrected chi connectivity index (χ0v) is 19.9. The van der Waals surface area contributed by atoms with E-state index in [0.29, 0.717) is 21.1 Å². The molecule has 2 aromatic carbocycles. The second-order valence-corrected chi connectivity index (χ2v) is 11.1. The van der Waals surface area contributed by atoms with Gasteiger partial charge in [-0.15, -0.1) is 0 Å². The van der Waals surface area contributed by atoms with Crippen molar-refractivity contribution in [2.45, 2.75) is 30.3 Å². The van der Waals surface area contributed by atoms with Crippen LogP contribution in [0.15, 0.2) is 71.8 Å². The summed E-state index contributed by atoms with van der Waals surface area (Å²) in [5.41, 5.74) is 1.13. The van der Waals surface area contributed by atoms with Crippen LogP contribution in [0.2, 0.25) is 0 Å². The first-order valence-electron chi connectivity index (χ1n) is 10.7. The number of sulfonamides is 1. The van der Waals surface area contributed by atoms with Crippen molar-refractivity contribution in [1.82, 2.24) is 14.3 Å². The average Bonchev–Trinajstić information content (AvgIpc) is 3.61. The van der Waals surface area contributed by atoms with E-state index in [-0.39, 0.29) is 28.9 Å². The Morgan fingerprint density at radius 2 is 1.85 bits per heavy atom. The summed E-state index contributed by atoms with van der Waals surface area (Å²) in [4.78, 5) is 23.8. The molecule has 34 heavy (non-hydrogen) atoms. The lowest BCUT2D eigenvalue weighted by atomic mass is 10.2. The van der Waals surface area contributed by atoms with E-state index in [1.54, 1.807) is 37.5 Å². The molecule has 7 nitrogen and oxygen atoms in total. The van der Waals surface area contributed by atoms with E-state index in [4.69, 9.17) is 0 Å². The number of carbonyl (C=O) groups excluding carboxylic acids is 1. The van der Waals surface area contributed by atoms with Gasteiger partial charge < -0.3 is 0 Å². The summed E-state index contributed by atoms with van der Waals surface area (Å²) in [6, 6.07) is 16.0. The van der Waals surface area contributed by atoms with E-state index in [9.17, 15) is 17.6 Å². The Bertz CT molecular complexity index is 1450. The number of aromatic nitrogens is 2. The standard InChI is InChI=1S/C24H21FN4O3S2/c1-28(18-10-11-18)34(31,32)19-12-8-16(9-13-19)23(30)29(15-17-5-2-3-14-26-17)24-27-22-20(25)6-4-7-21(22)33-24/h2-9,12-14,18H,10-11,15H2,1H3. The molecule has 0 aliphatic heterocycles. The third-order valence-corrected chi connectivity index (χ3v) is 8.69. The Kier molecular flexibility index (Phi) is 5.88. The van der Waals surface area contributed by atoms with Gasteiger partial charge in [-0.3, -0.25) is 14.7 Å². The number of thiazole rings is 1. The van der Waals surface area contributed by atoms with Crippen molar-refractivity contribution < 1.29 is 17.6 Å². The molecule has 1 saturated carbocycles. The molecule has 0 unspecified atom stereocenters. The average molecular weight is 497 g/mol. The largest absolute Gasteiger partial charge is 0.278 e. The maximum Gasteiger partial charge on any atom is 0.260 e. The minimum absolute atomic E-state index is 0.0413. The van der Waals surface area contributed by atoms with E-state index < -0.39 is 15.8 Å². The van der Waals surface area contributed by atoms with Crippen LogP contribution in [0.3, 0.4) is 0 Å². The van der Waals surface area contributed by atoms with Crippen LogP contribution in [0.4, 0.5) is 9.52 Å². The third kappa shape index (κ3) is 4.31. The van der Waals surface area contributed by atoms with Crippen LogP contribution in [-0.4, -0.2) is 41.7 Å². The summed E-state index contributed by atoms with van der Waals surface area (Å²) in [6.07, 6.45) is 3.35. The highest BCUT2D eigenvalue weighted by atomic mass is 32.2. The number of benzene rings is 2. The first kappa shape index (κ1) is 22.6. The molecule has 0 N–H and O–H groups in total. The van der Waals surface area contributed by atoms with E-state index >= 15 is 0 Å². The van der Waals surface area contributed by atoms with Crippen molar-refractivity contribution in [3.63, 3.8) is 0 Å². The number of carbonyl (C=O) groups is 1. The van der Waals surface area contributed by atoms with Crippen LogP contribution in [0.25, 0.3) is 10.2 Å². The Morgan fingerprint density at radius 1 is 1.09 bits per heavy atom. The summed E-state index contributed by atoms with van der Waals surface area (Å²) in [5.74, 6) is -0.843. The maximum atomic E-state index is 14.3. The quantitative estimate of drug-likeness (QED) is 0.377. The number of para-hydroxylation sites is 1. The van der Waals surface area contributed by atoms with E-state index in [0.717, 1.165) is 12.8 Å². The van der Waals surface area contributed by atoms with Gasteiger partial charge in [0.1, 0.15) is 11.3 Å². The minimum atomic E-state index is -3.61. The molecular formula is C24H21FN4O3S2.